The maximum atomic E-state index is 15.6. The van der Waals surface area contributed by atoms with Crippen LogP contribution < -0.4 is 16.4 Å². The predicted octanol–water partition coefficient (Wildman–Crippen LogP) is 7.05. The Hall–Kier alpha value is -4.48. The van der Waals surface area contributed by atoms with Crippen molar-refractivity contribution in [2.45, 2.75) is 26.7 Å². The fraction of sp³-hybridized carbons (Fsp3) is 0.138. The van der Waals surface area contributed by atoms with E-state index >= 15 is 4.39 Å². The number of nitrogen functional groups attached to an aromatic ring is 1. The number of nitrogens with zero attached hydrogens (tertiary/aromatic N) is 3. The van der Waals surface area contributed by atoms with Gasteiger partial charge in [0, 0.05) is 41.3 Å². The number of nitrogens with two attached hydrogens (primary N) is 1. The van der Waals surface area contributed by atoms with Gasteiger partial charge in [0.15, 0.2) is 5.82 Å². The van der Waals surface area contributed by atoms with E-state index in [0.29, 0.717) is 28.3 Å². The molecule has 4 heterocycles. The van der Waals surface area contributed by atoms with Gasteiger partial charge in [0.05, 0.1) is 23.8 Å². The molecule has 37 heavy (non-hydrogen) atoms. The second kappa shape index (κ2) is 12.5. The molecule has 0 aromatic carbocycles. The van der Waals surface area contributed by atoms with E-state index in [9.17, 15) is 0 Å². The Labute approximate surface area is 221 Å². The summed E-state index contributed by atoms with van der Waals surface area (Å²) in [6, 6.07) is 5.83. The highest BCUT2D eigenvalue weighted by Crippen LogP contribution is 2.31. The minimum Gasteiger partial charge on any atom is -0.397 e. The van der Waals surface area contributed by atoms with E-state index in [1.165, 1.54) is 6.20 Å². The number of rotatable bonds is 9. The first kappa shape index (κ1) is 27.1. The Morgan fingerprint density at radius 2 is 1.86 bits per heavy atom. The maximum absolute atomic E-state index is 15.6. The molecule has 0 aliphatic rings. The molecular formula is C29H29FN6S. The third-order valence-electron chi connectivity index (χ3n) is 5.64. The van der Waals surface area contributed by atoms with Crippen LogP contribution in [0.5, 0.6) is 0 Å². The van der Waals surface area contributed by atoms with Gasteiger partial charge < -0.3 is 16.4 Å². The molecule has 4 aromatic rings. The first-order valence-corrected chi connectivity index (χ1v) is 12.4. The van der Waals surface area contributed by atoms with E-state index in [-0.39, 0.29) is 17.8 Å². The van der Waals surface area contributed by atoms with Crippen molar-refractivity contribution in [2.24, 2.45) is 0 Å². The Morgan fingerprint density at radius 3 is 2.57 bits per heavy atom. The average Bonchev–Trinajstić information content (AvgIpc) is 3.44. The van der Waals surface area contributed by atoms with Crippen LogP contribution in [-0.4, -0.2) is 15.0 Å². The van der Waals surface area contributed by atoms with Crippen LogP contribution in [0, 0.1) is 25.6 Å². The molecule has 0 spiro atoms. The molecule has 0 fully saturated rings. The molecule has 0 saturated carbocycles. The number of pyridine rings is 3. The molecule has 0 radical (unpaired) electrons. The standard InChI is InChI=1S/C27H27FN6S.C2H2/c1-5-16(2)33-21-11-20(12-30-13-21)26-25(28)23(24(29)14-32-26)10-17(3)34-27-18(4)22(6-8-31-27)19-7-9-35-15-19;1-2/h6-9,11-15,33H,2-3,5,10,29H2,1,4H3,(H,31,34);1-2H. The molecular weight excluding hydrogens is 483 g/mol. The van der Waals surface area contributed by atoms with Crippen molar-refractivity contribution in [2.75, 3.05) is 16.4 Å². The SMILES string of the molecule is C#C.C=C(CC)Nc1cncc(-c2ncc(N)c(CC(=C)Nc3nccc(-c4ccsc4)c3C)c2F)c1. The molecule has 6 nitrogen and oxygen atoms in total. The molecule has 0 unspecified atom stereocenters. The van der Waals surface area contributed by atoms with Crippen molar-refractivity contribution in [1.82, 2.24) is 15.0 Å². The number of hydrogen-bond acceptors (Lipinski definition) is 7. The molecule has 0 amide bonds. The van der Waals surface area contributed by atoms with E-state index in [1.54, 1.807) is 36.0 Å². The lowest BCUT2D eigenvalue weighted by molar-refractivity contribution is 0.612. The van der Waals surface area contributed by atoms with E-state index < -0.39 is 5.82 Å². The predicted molar refractivity (Wildman–Crippen MR) is 154 cm³/mol. The van der Waals surface area contributed by atoms with Gasteiger partial charge in [-0.1, -0.05) is 20.1 Å². The number of thiophene rings is 1. The molecule has 0 aliphatic carbocycles. The Bertz CT molecular complexity index is 1430. The Kier molecular flexibility index (Phi) is 9.14. The van der Waals surface area contributed by atoms with Gasteiger partial charge >= 0.3 is 0 Å². The number of halogens is 1. The molecule has 4 aromatic heterocycles. The number of allylic oxidation sites excluding steroid dienone is 2. The van der Waals surface area contributed by atoms with Crippen molar-refractivity contribution in [3.05, 3.63) is 95.2 Å². The van der Waals surface area contributed by atoms with E-state index in [4.69, 9.17) is 5.73 Å². The molecule has 188 valence electrons. The first-order chi connectivity index (χ1) is 17.9. The van der Waals surface area contributed by atoms with Crippen molar-refractivity contribution in [1.29, 1.82) is 0 Å². The van der Waals surface area contributed by atoms with Crippen LogP contribution in [0.4, 0.5) is 21.6 Å². The van der Waals surface area contributed by atoms with Crippen LogP contribution in [-0.2, 0) is 6.42 Å². The Morgan fingerprint density at radius 1 is 1.08 bits per heavy atom. The van der Waals surface area contributed by atoms with E-state index in [1.807, 2.05) is 25.3 Å². The summed E-state index contributed by atoms with van der Waals surface area (Å²) in [6.07, 6.45) is 15.4. The average molecular weight is 513 g/mol. The summed E-state index contributed by atoms with van der Waals surface area (Å²) >= 11 is 1.64. The van der Waals surface area contributed by atoms with Crippen molar-refractivity contribution in [3.63, 3.8) is 0 Å². The van der Waals surface area contributed by atoms with Crippen molar-refractivity contribution in [3.8, 4) is 35.2 Å². The minimum absolute atomic E-state index is 0.175. The lowest BCUT2D eigenvalue weighted by Crippen LogP contribution is -2.09. The number of anilines is 3. The van der Waals surface area contributed by atoms with Crippen molar-refractivity contribution >= 4 is 28.5 Å². The number of nitrogens with one attached hydrogen (secondary N) is 2. The second-order valence-corrected chi connectivity index (χ2v) is 8.93. The third kappa shape index (κ3) is 6.40. The van der Waals surface area contributed by atoms with Crippen molar-refractivity contribution < 1.29 is 4.39 Å². The molecule has 0 aliphatic heterocycles. The van der Waals surface area contributed by atoms with Gasteiger partial charge in [0.25, 0.3) is 0 Å². The van der Waals surface area contributed by atoms with Crippen LogP contribution in [0.25, 0.3) is 22.4 Å². The molecule has 0 atom stereocenters. The molecule has 4 rings (SSSR count). The van der Waals surface area contributed by atoms with Crippen LogP contribution in [0.1, 0.15) is 24.5 Å². The fourth-order valence-corrected chi connectivity index (χ4v) is 4.32. The van der Waals surface area contributed by atoms with Gasteiger partial charge in [-0.2, -0.15) is 11.3 Å². The first-order valence-electron chi connectivity index (χ1n) is 11.5. The summed E-state index contributed by atoms with van der Waals surface area (Å²) in [7, 11) is 0. The Balaban J connectivity index is 0.00000186. The lowest BCUT2D eigenvalue weighted by Gasteiger charge is -2.16. The van der Waals surface area contributed by atoms with Gasteiger partial charge in [0.2, 0.25) is 0 Å². The number of terminal acetylenes is 1. The molecule has 8 heteroatoms. The van der Waals surface area contributed by atoms with Gasteiger partial charge in [-0.05, 0) is 59.0 Å². The van der Waals surface area contributed by atoms with Crippen LogP contribution >= 0.6 is 11.3 Å². The highest BCUT2D eigenvalue weighted by Gasteiger charge is 2.17. The number of hydrogen-bond donors (Lipinski definition) is 3. The zero-order valence-corrected chi connectivity index (χ0v) is 21.7. The third-order valence-corrected chi connectivity index (χ3v) is 6.32. The molecule has 0 bridgehead atoms. The van der Waals surface area contributed by atoms with Gasteiger partial charge in [0.1, 0.15) is 11.5 Å². The highest BCUT2D eigenvalue weighted by atomic mass is 32.1. The highest BCUT2D eigenvalue weighted by molar-refractivity contribution is 7.08. The van der Waals surface area contributed by atoms with Crippen LogP contribution in [0.15, 0.2) is 78.3 Å². The zero-order valence-electron chi connectivity index (χ0n) is 20.9. The summed E-state index contributed by atoms with van der Waals surface area (Å²) in [5.41, 5.74) is 12.7. The maximum Gasteiger partial charge on any atom is 0.155 e. The minimum atomic E-state index is -0.502. The topological polar surface area (TPSA) is 88.8 Å². The molecule has 4 N–H and O–H groups in total. The van der Waals surface area contributed by atoms with Crippen LogP contribution in [0.3, 0.4) is 0 Å². The summed E-state index contributed by atoms with van der Waals surface area (Å²) in [5.74, 6) is 0.170. The largest absolute Gasteiger partial charge is 0.397 e. The summed E-state index contributed by atoms with van der Waals surface area (Å²) in [6.45, 7) is 12.0. The van der Waals surface area contributed by atoms with Gasteiger partial charge in [-0.25, -0.2) is 9.37 Å². The normalized spacial score (nSPS) is 10.2. The summed E-state index contributed by atoms with van der Waals surface area (Å²) in [5, 5.41) is 10.5. The van der Waals surface area contributed by atoms with Gasteiger partial charge in [-0.3, -0.25) is 9.97 Å². The molecule has 0 saturated heterocycles. The smallest absolute Gasteiger partial charge is 0.155 e. The second-order valence-electron chi connectivity index (χ2n) is 8.15. The zero-order chi connectivity index (χ0) is 26.9. The monoisotopic (exact) mass is 512 g/mol. The van der Waals surface area contributed by atoms with E-state index in [0.717, 1.165) is 28.8 Å². The number of aromatic nitrogens is 3. The quantitative estimate of drug-likeness (QED) is 0.208. The van der Waals surface area contributed by atoms with Gasteiger partial charge in [-0.15, -0.1) is 12.8 Å². The van der Waals surface area contributed by atoms with E-state index in [2.05, 4.69) is 63.0 Å². The van der Waals surface area contributed by atoms with Crippen LogP contribution in [0.2, 0.25) is 0 Å². The lowest BCUT2D eigenvalue weighted by atomic mass is 10.0. The summed E-state index contributed by atoms with van der Waals surface area (Å²) < 4.78 is 15.6. The fourth-order valence-electron chi connectivity index (χ4n) is 3.67. The summed E-state index contributed by atoms with van der Waals surface area (Å²) in [4.78, 5) is 12.9.